The standard InChI is InChI=1S/C68H133NO3/c1-3-5-7-9-11-13-15-17-19-21-23-25-27-29-31-33-34-36-38-40-42-44-46-48-50-52-54-56-58-60-62-64-68(72)69-66(65-70)67(71)63-61-59-57-55-53-51-49-47-45-43-41-39-37-35-32-30-28-26-24-22-20-18-16-14-12-10-8-6-4-2/h15,17,21,23,66-67,70-71H,3-14,16,18-20,22,24-65H2,1-2H3,(H,69,72)/b17-15-,23-21-. The summed E-state index contributed by atoms with van der Waals surface area (Å²) in [5.74, 6) is -0.0226. The third kappa shape index (κ3) is 59.7. The first-order valence-electron chi connectivity index (χ1n) is 33.5. The zero-order valence-electron chi connectivity index (χ0n) is 49.5. The maximum Gasteiger partial charge on any atom is 0.220 e. The molecule has 0 aliphatic rings. The molecular weight excluding hydrogens is 879 g/mol. The molecule has 0 aliphatic carbocycles. The number of hydrogen-bond donors (Lipinski definition) is 3. The third-order valence-electron chi connectivity index (χ3n) is 16.0. The van der Waals surface area contributed by atoms with Crippen molar-refractivity contribution in [1.82, 2.24) is 5.32 Å². The summed E-state index contributed by atoms with van der Waals surface area (Å²) in [5.41, 5.74) is 0. The van der Waals surface area contributed by atoms with E-state index in [0.29, 0.717) is 12.8 Å². The average Bonchev–Trinajstić information content (AvgIpc) is 3.39. The fourth-order valence-electron chi connectivity index (χ4n) is 10.9. The van der Waals surface area contributed by atoms with Crippen LogP contribution in [0.15, 0.2) is 24.3 Å². The van der Waals surface area contributed by atoms with E-state index in [4.69, 9.17) is 0 Å². The van der Waals surface area contributed by atoms with E-state index in [2.05, 4.69) is 43.5 Å². The van der Waals surface area contributed by atoms with Crippen molar-refractivity contribution in [2.75, 3.05) is 6.61 Å². The second-order valence-electron chi connectivity index (χ2n) is 23.2. The van der Waals surface area contributed by atoms with E-state index in [1.165, 1.54) is 327 Å². The van der Waals surface area contributed by atoms with Crippen LogP contribution in [-0.4, -0.2) is 34.9 Å². The molecular formula is C68H133NO3. The molecule has 4 heteroatoms. The molecule has 0 rings (SSSR count). The lowest BCUT2D eigenvalue weighted by Gasteiger charge is -2.22. The van der Waals surface area contributed by atoms with Gasteiger partial charge in [-0.3, -0.25) is 4.79 Å². The summed E-state index contributed by atoms with van der Waals surface area (Å²) >= 11 is 0. The Labute approximate surface area is 453 Å². The minimum absolute atomic E-state index is 0.0226. The van der Waals surface area contributed by atoms with Crippen LogP contribution in [0.2, 0.25) is 0 Å². The maximum atomic E-state index is 12.5. The third-order valence-corrected chi connectivity index (χ3v) is 16.0. The van der Waals surface area contributed by atoms with Crippen molar-refractivity contribution in [3.8, 4) is 0 Å². The van der Waals surface area contributed by atoms with Crippen molar-refractivity contribution >= 4 is 5.91 Å². The number of carbonyl (C=O) groups excluding carboxylic acids is 1. The van der Waals surface area contributed by atoms with Gasteiger partial charge in [-0.2, -0.15) is 0 Å². The number of unbranched alkanes of at least 4 members (excludes halogenated alkanes) is 52. The van der Waals surface area contributed by atoms with Crippen molar-refractivity contribution < 1.29 is 15.0 Å². The van der Waals surface area contributed by atoms with E-state index in [0.717, 1.165) is 32.1 Å². The summed E-state index contributed by atoms with van der Waals surface area (Å²) in [7, 11) is 0. The number of aliphatic hydroxyl groups excluding tert-OH is 2. The van der Waals surface area contributed by atoms with Gasteiger partial charge in [0.2, 0.25) is 5.91 Å². The number of carbonyl (C=O) groups is 1. The molecule has 0 bridgehead atoms. The zero-order chi connectivity index (χ0) is 52.0. The summed E-state index contributed by atoms with van der Waals surface area (Å²) in [5, 5.41) is 23.5. The van der Waals surface area contributed by atoms with Crippen LogP contribution in [0.4, 0.5) is 0 Å². The molecule has 3 N–H and O–H groups in total. The van der Waals surface area contributed by atoms with E-state index in [9.17, 15) is 15.0 Å². The van der Waals surface area contributed by atoms with Gasteiger partial charge in [-0.05, 0) is 44.9 Å². The second kappa shape index (κ2) is 64.2. The highest BCUT2D eigenvalue weighted by Crippen LogP contribution is 2.19. The molecule has 1 amide bonds. The lowest BCUT2D eigenvalue weighted by Crippen LogP contribution is -2.45. The normalized spacial score (nSPS) is 12.8. The Kier molecular flexibility index (Phi) is 63.2. The van der Waals surface area contributed by atoms with E-state index in [1.807, 2.05) is 0 Å². The van der Waals surface area contributed by atoms with Crippen LogP contribution in [0, 0.1) is 0 Å². The Hall–Kier alpha value is -1.13. The number of allylic oxidation sites excluding steroid dienone is 4. The number of nitrogens with one attached hydrogen (secondary N) is 1. The predicted molar refractivity (Wildman–Crippen MR) is 322 cm³/mol. The first-order chi connectivity index (χ1) is 35.7. The Morgan fingerprint density at radius 3 is 0.833 bits per heavy atom. The van der Waals surface area contributed by atoms with Crippen molar-refractivity contribution in [1.29, 1.82) is 0 Å². The number of rotatable bonds is 63. The van der Waals surface area contributed by atoms with Gasteiger partial charge in [0.15, 0.2) is 0 Å². The van der Waals surface area contributed by atoms with Crippen LogP contribution in [0.25, 0.3) is 0 Å². The van der Waals surface area contributed by atoms with Crippen molar-refractivity contribution in [2.45, 2.75) is 398 Å². The van der Waals surface area contributed by atoms with Crippen LogP contribution in [0.3, 0.4) is 0 Å². The van der Waals surface area contributed by atoms with Crippen LogP contribution >= 0.6 is 0 Å². The minimum atomic E-state index is -0.659. The van der Waals surface area contributed by atoms with Crippen LogP contribution in [0.1, 0.15) is 386 Å². The summed E-state index contributed by atoms with van der Waals surface area (Å²) in [4.78, 5) is 12.5. The summed E-state index contributed by atoms with van der Waals surface area (Å²) in [6.45, 7) is 4.40. The topological polar surface area (TPSA) is 69.6 Å². The molecule has 0 aromatic rings. The van der Waals surface area contributed by atoms with E-state index < -0.39 is 12.1 Å². The van der Waals surface area contributed by atoms with Crippen LogP contribution in [-0.2, 0) is 4.79 Å². The van der Waals surface area contributed by atoms with Crippen LogP contribution < -0.4 is 5.32 Å². The van der Waals surface area contributed by atoms with Gasteiger partial charge >= 0.3 is 0 Å². The first-order valence-corrected chi connectivity index (χ1v) is 33.5. The highest BCUT2D eigenvalue weighted by molar-refractivity contribution is 5.76. The predicted octanol–water partition coefficient (Wildman–Crippen LogP) is 22.6. The van der Waals surface area contributed by atoms with Crippen molar-refractivity contribution in [2.24, 2.45) is 0 Å². The number of amides is 1. The van der Waals surface area contributed by atoms with E-state index in [-0.39, 0.29) is 12.5 Å². The molecule has 2 atom stereocenters. The van der Waals surface area contributed by atoms with Crippen molar-refractivity contribution in [3.63, 3.8) is 0 Å². The monoisotopic (exact) mass is 1010 g/mol. The van der Waals surface area contributed by atoms with Gasteiger partial charge < -0.3 is 15.5 Å². The molecule has 0 heterocycles. The van der Waals surface area contributed by atoms with Gasteiger partial charge in [0.25, 0.3) is 0 Å². The molecule has 2 unspecified atom stereocenters. The fourth-order valence-corrected chi connectivity index (χ4v) is 10.9. The van der Waals surface area contributed by atoms with Gasteiger partial charge in [-0.15, -0.1) is 0 Å². The van der Waals surface area contributed by atoms with Crippen LogP contribution in [0.5, 0.6) is 0 Å². The van der Waals surface area contributed by atoms with Gasteiger partial charge in [-0.25, -0.2) is 0 Å². The summed E-state index contributed by atoms with van der Waals surface area (Å²) in [6, 6.07) is -0.535. The lowest BCUT2D eigenvalue weighted by atomic mass is 10.0. The van der Waals surface area contributed by atoms with Gasteiger partial charge in [0.05, 0.1) is 18.8 Å². The van der Waals surface area contributed by atoms with E-state index in [1.54, 1.807) is 0 Å². The molecule has 0 fully saturated rings. The molecule has 0 aromatic heterocycles. The lowest BCUT2D eigenvalue weighted by molar-refractivity contribution is -0.123. The highest BCUT2D eigenvalue weighted by atomic mass is 16.3. The zero-order valence-corrected chi connectivity index (χ0v) is 49.5. The molecule has 0 spiro atoms. The summed E-state index contributed by atoms with van der Waals surface area (Å²) < 4.78 is 0. The Morgan fingerprint density at radius 2 is 0.569 bits per heavy atom. The Morgan fingerprint density at radius 1 is 0.333 bits per heavy atom. The molecule has 0 aromatic carbocycles. The number of aliphatic hydroxyl groups is 2. The smallest absolute Gasteiger partial charge is 0.220 e. The molecule has 4 nitrogen and oxygen atoms in total. The average molecular weight is 1010 g/mol. The minimum Gasteiger partial charge on any atom is -0.394 e. The number of hydrogen-bond acceptors (Lipinski definition) is 3. The molecule has 0 radical (unpaired) electrons. The summed E-state index contributed by atoms with van der Waals surface area (Å²) in [6.07, 6.45) is 86.5. The highest BCUT2D eigenvalue weighted by Gasteiger charge is 2.20. The SMILES string of the molecule is CCCCCCC/C=C\C/C=C\CCCCCCCCCCCCCCCCCCCCCC(=O)NC(CO)C(O)CCCCCCCCCCCCCCCCCCCCCCCCCCCCCCC. The Bertz CT molecular complexity index is 1060. The second-order valence-corrected chi connectivity index (χ2v) is 23.2. The fraction of sp³-hybridized carbons (Fsp3) is 0.926. The Balaban J connectivity index is 3.39. The van der Waals surface area contributed by atoms with E-state index >= 15 is 0 Å². The maximum absolute atomic E-state index is 12.5. The van der Waals surface area contributed by atoms with Gasteiger partial charge in [0.1, 0.15) is 0 Å². The first kappa shape index (κ1) is 70.9. The molecule has 428 valence electrons. The van der Waals surface area contributed by atoms with Gasteiger partial charge in [-0.1, -0.05) is 359 Å². The van der Waals surface area contributed by atoms with Crippen molar-refractivity contribution in [3.05, 3.63) is 24.3 Å². The molecule has 0 saturated carbocycles. The molecule has 0 saturated heterocycles. The quantitative estimate of drug-likeness (QED) is 0.0420. The van der Waals surface area contributed by atoms with Gasteiger partial charge in [0, 0.05) is 6.42 Å². The molecule has 0 aliphatic heterocycles. The molecule has 72 heavy (non-hydrogen) atoms. The largest absolute Gasteiger partial charge is 0.394 e.